The quantitative estimate of drug-likeness (QED) is 0.535. The Hall–Kier alpha value is -1.14. The summed E-state index contributed by atoms with van der Waals surface area (Å²) in [6.07, 6.45) is 2.56. The molecule has 6 heteroatoms. The molecular formula is C11H20N4O2. The summed E-state index contributed by atoms with van der Waals surface area (Å²) in [6, 6.07) is 0.429. The highest BCUT2D eigenvalue weighted by molar-refractivity contribution is 5.86. The fourth-order valence-electron chi connectivity index (χ4n) is 1.93. The van der Waals surface area contributed by atoms with Crippen LogP contribution in [0.4, 0.5) is 0 Å². The van der Waals surface area contributed by atoms with Gasteiger partial charge in [0.15, 0.2) is 0 Å². The molecular weight excluding hydrogens is 220 g/mol. The summed E-state index contributed by atoms with van der Waals surface area (Å²) in [5, 5.41) is 8.46. The summed E-state index contributed by atoms with van der Waals surface area (Å²) < 4.78 is 0. The zero-order valence-electron chi connectivity index (χ0n) is 10.2. The molecule has 0 spiro atoms. The topological polar surface area (TPSA) is 73.5 Å². The molecule has 2 amide bonds. The summed E-state index contributed by atoms with van der Waals surface area (Å²) >= 11 is 0. The average molecular weight is 240 g/mol. The first-order valence-corrected chi connectivity index (χ1v) is 6.15. The Morgan fingerprint density at radius 1 is 1.53 bits per heavy atom. The van der Waals surface area contributed by atoms with Crippen LogP contribution in [0.3, 0.4) is 0 Å². The van der Waals surface area contributed by atoms with Crippen molar-refractivity contribution in [3.63, 3.8) is 0 Å². The SMILES string of the molecule is CN(CCNC(=O)C1CNC(=O)CN1)C1CC1. The monoisotopic (exact) mass is 240 g/mol. The number of amides is 2. The van der Waals surface area contributed by atoms with Crippen LogP contribution in [0.5, 0.6) is 0 Å². The maximum Gasteiger partial charge on any atom is 0.239 e. The van der Waals surface area contributed by atoms with E-state index in [0.29, 0.717) is 13.1 Å². The molecule has 1 unspecified atom stereocenters. The summed E-state index contributed by atoms with van der Waals surface area (Å²) in [5.74, 6) is -0.0864. The Kier molecular flexibility index (Phi) is 3.96. The third-order valence-corrected chi connectivity index (χ3v) is 3.26. The molecule has 1 aliphatic carbocycles. The van der Waals surface area contributed by atoms with Crippen LogP contribution >= 0.6 is 0 Å². The Morgan fingerprint density at radius 2 is 2.29 bits per heavy atom. The highest BCUT2D eigenvalue weighted by Crippen LogP contribution is 2.24. The predicted octanol–water partition coefficient (Wildman–Crippen LogP) is -1.72. The van der Waals surface area contributed by atoms with Gasteiger partial charge in [0.05, 0.1) is 6.54 Å². The van der Waals surface area contributed by atoms with Crippen molar-refractivity contribution < 1.29 is 9.59 Å². The third kappa shape index (κ3) is 3.67. The first-order chi connectivity index (χ1) is 8.16. The van der Waals surface area contributed by atoms with Gasteiger partial charge in [0.1, 0.15) is 6.04 Å². The number of piperazine rings is 1. The lowest BCUT2D eigenvalue weighted by Gasteiger charge is -2.23. The van der Waals surface area contributed by atoms with Crippen molar-refractivity contribution in [3.8, 4) is 0 Å². The number of nitrogens with zero attached hydrogens (tertiary/aromatic N) is 1. The molecule has 2 rings (SSSR count). The molecule has 6 nitrogen and oxygen atoms in total. The highest BCUT2D eigenvalue weighted by Gasteiger charge is 2.26. The largest absolute Gasteiger partial charge is 0.353 e. The molecule has 1 saturated heterocycles. The second kappa shape index (κ2) is 5.46. The molecule has 1 atom stereocenters. The van der Waals surface area contributed by atoms with E-state index in [1.54, 1.807) is 0 Å². The number of rotatable bonds is 5. The molecule has 3 N–H and O–H groups in total. The van der Waals surface area contributed by atoms with Crippen LogP contribution in [0, 0.1) is 0 Å². The van der Waals surface area contributed by atoms with Crippen molar-refractivity contribution in [1.82, 2.24) is 20.9 Å². The number of carbonyl (C=O) groups excluding carboxylic acids is 2. The zero-order valence-corrected chi connectivity index (χ0v) is 10.2. The van der Waals surface area contributed by atoms with E-state index in [1.807, 2.05) is 0 Å². The van der Waals surface area contributed by atoms with Gasteiger partial charge < -0.3 is 15.5 Å². The van der Waals surface area contributed by atoms with Gasteiger partial charge in [-0.15, -0.1) is 0 Å². The van der Waals surface area contributed by atoms with E-state index >= 15 is 0 Å². The van der Waals surface area contributed by atoms with Crippen molar-refractivity contribution in [3.05, 3.63) is 0 Å². The van der Waals surface area contributed by atoms with Gasteiger partial charge in [-0.1, -0.05) is 0 Å². The van der Waals surface area contributed by atoms with Crippen molar-refractivity contribution >= 4 is 11.8 Å². The minimum Gasteiger partial charge on any atom is -0.353 e. The molecule has 1 aliphatic heterocycles. The third-order valence-electron chi connectivity index (χ3n) is 3.26. The Morgan fingerprint density at radius 3 is 2.88 bits per heavy atom. The van der Waals surface area contributed by atoms with Gasteiger partial charge in [0.2, 0.25) is 11.8 Å². The van der Waals surface area contributed by atoms with E-state index in [1.165, 1.54) is 12.8 Å². The minimum absolute atomic E-state index is 0.0332. The number of hydrogen-bond acceptors (Lipinski definition) is 4. The van der Waals surface area contributed by atoms with Crippen LogP contribution in [-0.4, -0.2) is 62.0 Å². The van der Waals surface area contributed by atoms with E-state index in [0.717, 1.165) is 12.6 Å². The summed E-state index contributed by atoms with van der Waals surface area (Å²) in [7, 11) is 2.09. The molecule has 1 heterocycles. The van der Waals surface area contributed by atoms with Gasteiger partial charge in [-0.2, -0.15) is 0 Å². The lowest BCUT2D eigenvalue weighted by Crippen LogP contribution is -2.58. The number of nitrogens with one attached hydrogen (secondary N) is 3. The second-order valence-corrected chi connectivity index (χ2v) is 4.74. The molecule has 2 aliphatic rings. The average Bonchev–Trinajstić information content (AvgIpc) is 3.13. The van der Waals surface area contributed by atoms with Crippen LogP contribution in [-0.2, 0) is 9.59 Å². The Labute approximate surface area is 101 Å². The van der Waals surface area contributed by atoms with E-state index in [9.17, 15) is 9.59 Å². The maximum absolute atomic E-state index is 11.7. The molecule has 96 valence electrons. The van der Waals surface area contributed by atoms with Gasteiger partial charge in [-0.05, 0) is 19.9 Å². The Bertz CT molecular complexity index is 294. The van der Waals surface area contributed by atoms with Crippen molar-refractivity contribution in [2.75, 3.05) is 33.2 Å². The van der Waals surface area contributed by atoms with Crippen LogP contribution < -0.4 is 16.0 Å². The summed E-state index contributed by atoms with van der Waals surface area (Å²) in [6.45, 7) is 2.15. The van der Waals surface area contributed by atoms with Gasteiger partial charge >= 0.3 is 0 Å². The van der Waals surface area contributed by atoms with Crippen LogP contribution in [0.1, 0.15) is 12.8 Å². The fraction of sp³-hybridized carbons (Fsp3) is 0.818. The summed E-state index contributed by atoms with van der Waals surface area (Å²) in [5.41, 5.74) is 0. The van der Waals surface area contributed by atoms with Crippen LogP contribution in [0.15, 0.2) is 0 Å². The minimum atomic E-state index is -0.293. The van der Waals surface area contributed by atoms with Crippen molar-refractivity contribution in [2.45, 2.75) is 24.9 Å². The van der Waals surface area contributed by atoms with Gasteiger partial charge in [0.25, 0.3) is 0 Å². The molecule has 0 aromatic carbocycles. The molecule has 0 bridgehead atoms. The maximum atomic E-state index is 11.7. The van der Waals surface area contributed by atoms with Gasteiger partial charge in [0, 0.05) is 25.7 Å². The van der Waals surface area contributed by atoms with E-state index in [2.05, 4.69) is 27.9 Å². The first kappa shape index (κ1) is 12.3. The standard InChI is InChI=1S/C11H20N4O2/c1-15(8-2-3-8)5-4-12-11(17)9-6-14-10(16)7-13-9/h8-9,13H,2-7H2,1H3,(H,12,17)(H,14,16). The lowest BCUT2D eigenvalue weighted by molar-refractivity contribution is -0.126. The predicted molar refractivity (Wildman–Crippen MR) is 63.5 cm³/mol. The molecule has 0 aromatic heterocycles. The van der Waals surface area contributed by atoms with E-state index in [4.69, 9.17) is 0 Å². The number of likely N-dealkylation sites (N-methyl/N-ethyl adjacent to an activating group) is 1. The van der Waals surface area contributed by atoms with Gasteiger partial charge in [-0.25, -0.2) is 0 Å². The lowest BCUT2D eigenvalue weighted by atomic mass is 10.2. The highest BCUT2D eigenvalue weighted by atomic mass is 16.2. The van der Waals surface area contributed by atoms with Crippen LogP contribution in [0.25, 0.3) is 0 Å². The molecule has 2 fully saturated rings. The van der Waals surface area contributed by atoms with Crippen LogP contribution in [0.2, 0.25) is 0 Å². The fourth-order valence-corrected chi connectivity index (χ4v) is 1.93. The molecule has 0 aromatic rings. The van der Waals surface area contributed by atoms with E-state index in [-0.39, 0.29) is 24.4 Å². The zero-order chi connectivity index (χ0) is 12.3. The second-order valence-electron chi connectivity index (χ2n) is 4.74. The Balaban J connectivity index is 1.61. The summed E-state index contributed by atoms with van der Waals surface area (Å²) in [4.78, 5) is 24.9. The molecule has 1 saturated carbocycles. The normalized spacial score (nSPS) is 24.6. The molecule has 0 radical (unpaired) electrons. The number of hydrogen-bond donors (Lipinski definition) is 3. The van der Waals surface area contributed by atoms with Crippen molar-refractivity contribution in [2.24, 2.45) is 0 Å². The van der Waals surface area contributed by atoms with E-state index < -0.39 is 0 Å². The number of carbonyl (C=O) groups is 2. The molecule has 17 heavy (non-hydrogen) atoms. The smallest absolute Gasteiger partial charge is 0.239 e. The van der Waals surface area contributed by atoms with Crippen molar-refractivity contribution in [1.29, 1.82) is 0 Å². The van der Waals surface area contributed by atoms with Gasteiger partial charge in [-0.3, -0.25) is 14.9 Å². The first-order valence-electron chi connectivity index (χ1n) is 6.15.